The Morgan fingerprint density at radius 3 is 2.16 bits per heavy atom. The number of benzene rings is 2. The number of halogens is 1. The van der Waals surface area contributed by atoms with Crippen molar-refractivity contribution in [1.29, 1.82) is 0 Å². The maximum absolute atomic E-state index is 13.0. The van der Waals surface area contributed by atoms with Crippen LogP contribution in [0.1, 0.15) is 27.6 Å². The van der Waals surface area contributed by atoms with Crippen LogP contribution >= 0.6 is 22.9 Å². The van der Waals surface area contributed by atoms with E-state index in [9.17, 15) is 9.59 Å². The van der Waals surface area contributed by atoms with E-state index in [1.807, 2.05) is 0 Å². The summed E-state index contributed by atoms with van der Waals surface area (Å²) < 4.78 is 21.2. The maximum atomic E-state index is 13.0. The number of nitrogens with one attached hydrogen (secondary N) is 1. The first-order chi connectivity index (χ1) is 15.4. The van der Waals surface area contributed by atoms with E-state index < -0.39 is 11.9 Å². The molecule has 0 radical (unpaired) electrons. The Morgan fingerprint density at radius 2 is 1.62 bits per heavy atom. The van der Waals surface area contributed by atoms with Gasteiger partial charge in [0.25, 0.3) is 5.91 Å². The van der Waals surface area contributed by atoms with E-state index in [0.717, 1.165) is 5.56 Å². The molecule has 1 N–H and O–H groups in total. The first-order valence-corrected chi connectivity index (χ1v) is 10.8. The third-order valence-electron chi connectivity index (χ3n) is 4.58. The zero-order chi connectivity index (χ0) is 23.3. The number of carbonyl (C=O) groups is 2. The van der Waals surface area contributed by atoms with Gasteiger partial charge in [-0.25, -0.2) is 4.79 Å². The van der Waals surface area contributed by atoms with Crippen LogP contribution in [0.3, 0.4) is 0 Å². The molecule has 0 unspecified atom stereocenters. The Labute approximate surface area is 194 Å². The summed E-state index contributed by atoms with van der Waals surface area (Å²) in [6, 6.07) is 10.1. The fraction of sp³-hybridized carbons (Fsp3) is 0.217. The Balaban J connectivity index is 2.01. The molecule has 0 aliphatic rings. The molecule has 0 aliphatic carbocycles. The van der Waals surface area contributed by atoms with E-state index in [1.54, 1.807) is 36.6 Å². The summed E-state index contributed by atoms with van der Waals surface area (Å²) in [6.45, 7) is 1.93. The van der Waals surface area contributed by atoms with Gasteiger partial charge in [0.05, 0.1) is 27.9 Å². The quantitative estimate of drug-likeness (QED) is 0.432. The molecule has 0 fully saturated rings. The van der Waals surface area contributed by atoms with Gasteiger partial charge in [-0.3, -0.25) is 4.79 Å². The third kappa shape index (κ3) is 4.81. The molecule has 2 aromatic carbocycles. The average molecular weight is 476 g/mol. The fourth-order valence-electron chi connectivity index (χ4n) is 3.09. The monoisotopic (exact) mass is 475 g/mol. The van der Waals surface area contributed by atoms with E-state index >= 15 is 0 Å². The van der Waals surface area contributed by atoms with E-state index in [1.165, 1.54) is 44.8 Å². The molecule has 1 heterocycles. The minimum atomic E-state index is -0.529. The Hall–Kier alpha value is -3.23. The van der Waals surface area contributed by atoms with Gasteiger partial charge in [-0.15, -0.1) is 11.3 Å². The van der Waals surface area contributed by atoms with Gasteiger partial charge in [-0.1, -0.05) is 23.7 Å². The van der Waals surface area contributed by atoms with Gasteiger partial charge in [0.1, 0.15) is 10.6 Å². The lowest BCUT2D eigenvalue weighted by Crippen LogP contribution is -2.15. The van der Waals surface area contributed by atoms with E-state index in [4.69, 9.17) is 30.5 Å². The van der Waals surface area contributed by atoms with Crippen LogP contribution in [-0.2, 0) is 4.74 Å². The van der Waals surface area contributed by atoms with Crippen LogP contribution in [0.5, 0.6) is 17.2 Å². The van der Waals surface area contributed by atoms with E-state index in [0.29, 0.717) is 32.8 Å². The van der Waals surface area contributed by atoms with Crippen LogP contribution < -0.4 is 19.5 Å². The predicted octanol–water partition coefficient (Wildman–Crippen LogP) is 5.52. The van der Waals surface area contributed by atoms with Crippen LogP contribution in [0, 0.1) is 0 Å². The number of anilines is 1. The molecule has 32 heavy (non-hydrogen) atoms. The van der Waals surface area contributed by atoms with Gasteiger partial charge in [0.15, 0.2) is 11.5 Å². The molecular formula is C23H22ClNO6S. The summed E-state index contributed by atoms with van der Waals surface area (Å²) in [5.74, 6) is 0.0874. The number of ether oxygens (including phenoxy) is 4. The van der Waals surface area contributed by atoms with Crippen LogP contribution in [0.2, 0.25) is 5.02 Å². The highest BCUT2D eigenvalue weighted by molar-refractivity contribution is 7.15. The van der Waals surface area contributed by atoms with Crippen molar-refractivity contribution in [3.05, 3.63) is 57.9 Å². The van der Waals surface area contributed by atoms with Gasteiger partial charge in [-0.2, -0.15) is 0 Å². The van der Waals surface area contributed by atoms with Gasteiger partial charge in [-0.05, 0) is 36.8 Å². The van der Waals surface area contributed by atoms with Crippen molar-refractivity contribution >= 4 is 39.8 Å². The maximum Gasteiger partial charge on any atom is 0.341 e. The molecule has 0 aliphatic heterocycles. The lowest BCUT2D eigenvalue weighted by atomic mass is 10.0. The number of thiophene rings is 1. The number of amides is 1. The largest absolute Gasteiger partial charge is 0.493 e. The second kappa shape index (κ2) is 10.4. The molecule has 168 valence electrons. The number of carbonyl (C=O) groups excluding carboxylic acids is 2. The highest BCUT2D eigenvalue weighted by atomic mass is 35.5. The van der Waals surface area contributed by atoms with Crippen LogP contribution in [-0.4, -0.2) is 39.8 Å². The Bertz CT molecular complexity index is 1100. The topological polar surface area (TPSA) is 83.1 Å². The first kappa shape index (κ1) is 23.4. The Morgan fingerprint density at radius 1 is 1.00 bits per heavy atom. The standard InChI is InChI=1S/C23H22ClNO6S/c1-5-31-23(27)19-16(13-6-8-15(24)9-7-13)12-32-22(19)25-21(26)14-10-17(28-2)20(30-4)18(11-14)29-3/h6-12H,5H2,1-4H3,(H,25,26). The zero-order valence-electron chi connectivity index (χ0n) is 18.0. The van der Waals surface area contributed by atoms with Crippen LogP contribution in [0.25, 0.3) is 11.1 Å². The van der Waals surface area contributed by atoms with Crippen LogP contribution in [0.15, 0.2) is 41.8 Å². The highest BCUT2D eigenvalue weighted by Crippen LogP contribution is 2.40. The summed E-state index contributed by atoms with van der Waals surface area (Å²) in [5, 5.41) is 5.55. The molecule has 0 atom stereocenters. The lowest BCUT2D eigenvalue weighted by Gasteiger charge is -2.14. The molecule has 9 heteroatoms. The molecule has 3 rings (SSSR count). The van der Waals surface area contributed by atoms with Gasteiger partial charge in [0, 0.05) is 21.5 Å². The second-order valence-electron chi connectivity index (χ2n) is 6.45. The lowest BCUT2D eigenvalue weighted by molar-refractivity contribution is 0.0529. The minimum Gasteiger partial charge on any atom is -0.493 e. The molecule has 3 aromatic rings. The summed E-state index contributed by atoms with van der Waals surface area (Å²) in [6.07, 6.45) is 0. The number of hydrogen-bond acceptors (Lipinski definition) is 7. The van der Waals surface area contributed by atoms with Crippen molar-refractivity contribution in [1.82, 2.24) is 0 Å². The number of hydrogen-bond donors (Lipinski definition) is 1. The number of rotatable bonds is 8. The normalized spacial score (nSPS) is 10.4. The first-order valence-electron chi connectivity index (χ1n) is 9.59. The van der Waals surface area contributed by atoms with Gasteiger partial charge >= 0.3 is 5.97 Å². The average Bonchev–Trinajstić information content (AvgIpc) is 3.22. The van der Waals surface area contributed by atoms with Crippen LogP contribution in [0.4, 0.5) is 5.00 Å². The van der Waals surface area contributed by atoms with Gasteiger partial charge < -0.3 is 24.3 Å². The number of methoxy groups -OCH3 is 3. The molecule has 0 spiro atoms. The molecule has 1 aromatic heterocycles. The molecule has 1 amide bonds. The molecular weight excluding hydrogens is 454 g/mol. The third-order valence-corrected chi connectivity index (χ3v) is 5.73. The summed E-state index contributed by atoms with van der Waals surface area (Å²) in [4.78, 5) is 25.8. The molecule has 0 saturated carbocycles. The minimum absolute atomic E-state index is 0.203. The van der Waals surface area contributed by atoms with Crippen molar-refractivity contribution in [2.24, 2.45) is 0 Å². The second-order valence-corrected chi connectivity index (χ2v) is 7.77. The molecule has 7 nitrogen and oxygen atoms in total. The summed E-state index contributed by atoms with van der Waals surface area (Å²) in [5.41, 5.74) is 1.98. The summed E-state index contributed by atoms with van der Waals surface area (Å²) >= 11 is 7.22. The van der Waals surface area contributed by atoms with E-state index in [2.05, 4.69) is 5.32 Å². The number of esters is 1. The zero-order valence-corrected chi connectivity index (χ0v) is 19.6. The van der Waals surface area contributed by atoms with Crippen molar-refractivity contribution in [2.45, 2.75) is 6.92 Å². The molecule has 0 saturated heterocycles. The predicted molar refractivity (Wildman–Crippen MR) is 125 cm³/mol. The summed E-state index contributed by atoms with van der Waals surface area (Å²) in [7, 11) is 4.42. The SMILES string of the molecule is CCOC(=O)c1c(-c2ccc(Cl)cc2)csc1NC(=O)c1cc(OC)c(OC)c(OC)c1. The van der Waals surface area contributed by atoms with Gasteiger partial charge in [0.2, 0.25) is 5.75 Å². The molecule has 0 bridgehead atoms. The van der Waals surface area contributed by atoms with Crippen molar-refractivity contribution in [2.75, 3.05) is 33.3 Å². The van der Waals surface area contributed by atoms with Crippen molar-refractivity contribution in [3.8, 4) is 28.4 Å². The Kier molecular flexibility index (Phi) is 7.61. The smallest absolute Gasteiger partial charge is 0.341 e. The van der Waals surface area contributed by atoms with Crippen molar-refractivity contribution < 1.29 is 28.5 Å². The highest BCUT2D eigenvalue weighted by Gasteiger charge is 2.24. The van der Waals surface area contributed by atoms with Crippen molar-refractivity contribution in [3.63, 3.8) is 0 Å². The van der Waals surface area contributed by atoms with E-state index in [-0.39, 0.29) is 17.7 Å². The fourth-order valence-corrected chi connectivity index (χ4v) is 4.16.